The number of halogens is 1. The minimum Gasteiger partial charge on any atom is -0.445 e. The van der Waals surface area contributed by atoms with Crippen molar-refractivity contribution in [2.75, 3.05) is 13.9 Å². The number of amides is 1. The van der Waals surface area contributed by atoms with Crippen molar-refractivity contribution in [3.05, 3.63) is 35.6 Å². The predicted molar refractivity (Wildman–Crippen MR) is 88.0 cm³/mol. The van der Waals surface area contributed by atoms with Gasteiger partial charge < -0.3 is 19.9 Å². The predicted octanol–water partition coefficient (Wildman–Crippen LogP) is 3.50. The lowest BCUT2D eigenvalue weighted by atomic mass is 9.63. The zero-order chi connectivity index (χ0) is 17.6. The fourth-order valence-corrected chi connectivity index (χ4v) is 3.94. The largest absolute Gasteiger partial charge is 0.445 e. The molecule has 1 aliphatic rings. The Labute approximate surface area is 142 Å². The smallest absolute Gasteiger partial charge is 0.404 e. The number of primary amides is 1. The minimum atomic E-state index is -0.843. The van der Waals surface area contributed by atoms with Gasteiger partial charge in [-0.1, -0.05) is 31.5 Å². The molecular formula is C18H26FNO4. The van der Waals surface area contributed by atoms with Crippen LogP contribution in [-0.2, 0) is 19.6 Å². The molecule has 1 aromatic carbocycles. The summed E-state index contributed by atoms with van der Waals surface area (Å²) in [4.78, 5) is 11.4. The highest BCUT2D eigenvalue weighted by molar-refractivity contribution is 5.65. The number of benzene rings is 1. The maximum atomic E-state index is 14.7. The summed E-state index contributed by atoms with van der Waals surface area (Å²) in [7, 11) is 1.54. The summed E-state index contributed by atoms with van der Waals surface area (Å²) in [5.74, 6) is -0.322. The number of hydrogen-bond donors (Lipinski definition) is 1. The monoisotopic (exact) mass is 339 g/mol. The molecule has 134 valence electrons. The molecule has 2 N–H and O–H groups in total. The summed E-state index contributed by atoms with van der Waals surface area (Å²) < 4.78 is 31.0. The average Bonchev–Trinajstić information content (AvgIpc) is 2.57. The second-order valence-electron chi connectivity index (χ2n) is 6.16. The van der Waals surface area contributed by atoms with Crippen molar-refractivity contribution >= 4 is 6.09 Å². The van der Waals surface area contributed by atoms with E-state index in [2.05, 4.69) is 0 Å². The van der Waals surface area contributed by atoms with E-state index in [0.29, 0.717) is 24.8 Å². The van der Waals surface area contributed by atoms with E-state index < -0.39 is 17.6 Å². The van der Waals surface area contributed by atoms with E-state index >= 15 is 0 Å². The van der Waals surface area contributed by atoms with Crippen molar-refractivity contribution in [2.24, 2.45) is 5.73 Å². The van der Waals surface area contributed by atoms with Gasteiger partial charge in [-0.2, -0.15) is 0 Å². The number of ether oxygens (including phenoxy) is 3. The van der Waals surface area contributed by atoms with Crippen LogP contribution in [0.4, 0.5) is 9.18 Å². The maximum Gasteiger partial charge on any atom is 0.404 e. The molecule has 0 saturated heterocycles. The number of carbonyl (C=O) groups is 1. The highest BCUT2D eigenvalue weighted by atomic mass is 19.1. The fourth-order valence-electron chi connectivity index (χ4n) is 3.94. The molecule has 1 amide bonds. The van der Waals surface area contributed by atoms with Gasteiger partial charge in [0.15, 0.2) is 0 Å². The number of nitrogens with two attached hydrogens (primary N) is 1. The lowest BCUT2D eigenvalue weighted by molar-refractivity contribution is -0.133. The van der Waals surface area contributed by atoms with Gasteiger partial charge in [0.25, 0.3) is 0 Å². The second-order valence-corrected chi connectivity index (χ2v) is 6.16. The first-order valence-electron chi connectivity index (χ1n) is 8.37. The quantitative estimate of drug-likeness (QED) is 0.772. The molecule has 1 aromatic rings. The number of rotatable bonds is 7. The van der Waals surface area contributed by atoms with Gasteiger partial charge in [0.2, 0.25) is 0 Å². The van der Waals surface area contributed by atoms with Crippen LogP contribution in [0.1, 0.15) is 44.6 Å². The summed E-state index contributed by atoms with van der Waals surface area (Å²) in [6.45, 7) is 2.07. The van der Waals surface area contributed by atoms with E-state index in [0.717, 1.165) is 12.8 Å². The Morgan fingerprint density at radius 3 is 2.79 bits per heavy atom. The third-order valence-electron chi connectivity index (χ3n) is 4.85. The molecule has 0 bridgehead atoms. The molecule has 1 unspecified atom stereocenters. The Kier molecular flexibility index (Phi) is 6.57. The second kappa shape index (κ2) is 8.44. The Hall–Kier alpha value is -1.66. The minimum absolute atomic E-state index is 0.0952. The maximum absolute atomic E-state index is 14.7. The molecule has 0 aromatic heterocycles. The van der Waals surface area contributed by atoms with Crippen molar-refractivity contribution in [2.45, 2.75) is 56.7 Å². The van der Waals surface area contributed by atoms with Crippen LogP contribution in [0.5, 0.6) is 0 Å². The van der Waals surface area contributed by atoms with Gasteiger partial charge in [0.1, 0.15) is 18.7 Å². The van der Waals surface area contributed by atoms with Crippen LogP contribution in [0.25, 0.3) is 0 Å². The summed E-state index contributed by atoms with van der Waals surface area (Å²) in [5.41, 5.74) is 5.02. The Morgan fingerprint density at radius 1 is 1.42 bits per heavy atom. The normalized spacial score (nSPS) is 25.2. The number of carbonyl (C=O) groups excluding carboxylic acids is 1. The molecule has 3 atom stereocenters. The summed E-state index contributed by atoms with van der Waals surface area (Å²) in [6, 6.07) is 6.61. The molecule has 6 heteroatoms. The molecule has 0 heterocycles. The number of methoxy groups -OCH3 is 1. The highest BCUT2D eigenvalue weighted by Gasteiger charge is 2.51. The van der Waals surface area contributed by atoms with Crippen molar-refractivity contribution in [1.82, 2.24) is 0 Å². The van der Waals surface area contributed by atoms with Gasteiger partial charge in [0, 0.05) is 12.7 Å². The Morgan fingerprint density at radius 2 is 2.17 bits per heavy atom. The van der Waals surface area contributed by atoms with E-state index in [1.807, 2.05) is 6.92 Å². The lowest BCUT2D eigenvalue weighted by Gasteiger charge is -2.48. The fraction of sp³-hybridized carbons (Fsp3) is 0.611. The van der Waals surface area contributed by atoms with Crippen LogP contribution in [0.2, 0.25) is 0 Å². The third kappa shape index (κ3) is 3.70. The third-order valence-corrected chi connectivity index (χ3v) is 4.85. The molecule has 0 aliphatic heterocycles. The van der Waals surface area contributed by atoms with Gasteiger partial charge in [-0.3, -0.25) is 0 Å². The molecule has 0 spiro atoms. The molecule has 0 radical (unpaired) electrons. The molecule has 1 saturated carbocycles. The van der Waals surface area contributed by atoms with Gasteiger partial charge in [0.05, 0.1) is 11.5 Å². The van der Waals surface area contributed by atoms with Crippen LogP contribution in [0.15, 0.2) is 24.3 Å². The van der Waals surface area contributed by atoms with Crippen LogP contribution in [0, 0.1) is 5.82 Å². The SMILES string of the molecule is CCC(OCOC)[C@@]1(c2ccccc2F)CCCC[C@@H]1OC(N)=O. The standard InChI is InChI=1S/C18H26FNO4/c1-3-15(23-12-22-2)18(13-8-4-5-9-14(13)19)11-7-6-10-16(18)24-17(20)21/h4-5,8-9,15-16H,3,6-7,10-12H2,1-2H3,(H2,20,21)/t15?,16-,18-/m0/s1. The molecule has 1 aliphatic carbocycles. The van der Waals surface area contributed by atoms with Crippen molar-refractivity contribution in [1.29, 1.82) is 0 Å². The highest BCUT2D eigenvalue weighted by Crippen LogP contribution is 2.46. The first-order chi connectivity index (χ1) is 11.6. The van der Waals surface area contributed by atoms with Crippen LogP contribution in [-0.4, -0.2) is 32.2 Å². The first-order valence-corrected chi connectivity index (χ1v) is 8.37. The van der Waals surface area contributed by atoms with Crippen LogP contribution in [0.3, 0.4) is 0 Å². The topological polar surface area (TPSA) is 70.8 Å². The van der Waals surface area contributed by atoms with E-state index in [-0.39, 0.29) is 18.7 Å². The first kappa shape index (κ1) is 18.7. The van der Waals surface area contributed by atoms with Crippen LogP contribution >= 0.6 is 0 Å². The molecule has 24 heavy (non-hydrogen) atoms. The van der Waals surface area contributed by atoms with E-state index in [1.165, 1.54) is 6.07 Å². The molecule has 1 fully saturated rings. The van der Waals surface area contributed by atoms with E-state index in [1.54, 1.807) is 25.3 Å². The average molecular weight is 339 g/mol. The van der Waals surface area contributed by atoms with Crippen molar-refractivity contribution < 1.29 is 23.4 Å². The van der Waals surface area contributed by atoms with Crippen LogP contribution < -0.4 is 5.73 Å². The molecule has 2 rings (SSSR count). The summed E-state index contributed by atoms with van der Waals surface area (Å²) in [6.07, 6.45) is 2.01. The zero-order valence-corrected chi connectivity index (χ0v) is 14.3. The van der Waals surface area contributed by atoms with E-state index in [4.69, 9.17) is 19.9 Å². The Balaban J connectivity index is 2.53. The molecular weight excluding hydrogens is 313 g/mol. The van der Waals surface area contributed by atoms with Crippen molar-refractivity contribution in [3.8, 4) is 0 Å². The van der Waals surface area contributed by atoms with Gasteiger partial charge >= 0.3 is 6.09 Å². The number of hydrogen-bond acceptors (Lipinski definition) is 4. The van der Waals surface area contributed by atoms with Crippen molar-refractivity contribution in [3.63, 3.8) is 0 Å². The Bertz CT molecular complexity index is 554. The van der Waals surface area contributed by atoms with E-state index in [9.17, 15) is 9.18 Å². The van der Waals surface area contributed by atoms with Gasteiger partial charge in [-0.25, -0.2) is 9.18 Å². The summed E-state index contributed by atoms with van der Waals surface area (Å²) in [5, 5.41) is 0. The summed E-state index contributed by atoms with van der Waals surface area (Å²) >= 11 is 0. The zero-order valence-electron chi connectivity index (χ0n) is 14.3. The molecule has 5 nitrogen and oxygen atoms in total. The van der Waals surface area contributed by atoms with Gasteiger partial charge in [-0.05, 0) is 31.7 Å². The van der Waals surface area contributed by atoms with Gasteiger partial charge in [-0.15, -0.1) is 0 Å². The lowest BCUT2D eigenvalue weighted by Crippen LogP contribution is -2.54.